The maximum atomic E-state index is 12.8. The summed E-state index contributed by atoms with van der Waals surface area (Å²) in [5.41, 5.74) is 7.91. The van der Waals surface area contributed by atoms with Crippen LogP contribution >= 0.6 is 24.8 Å². The molecule has 1 amide bonds. The Hall–Kier alpha value is -1.95. The topological polar surface area (TPSA) is 69.8 Å². The van der Waals surface area contributed by atoms with Crippen LogP contribution in [0.5, 0.6) is 5.75 Å². The van der Waals surface area contributed by atoms with Gasteiger partial charge in [0.1, 0.15) is 5.75 Å². The minimum atomic E-state index is -0.272. The number of anilines is 1. The fourth-order valence-electron chi connectivity index (χ4n) is 3.13. The van der Waals surface area contributed by atoms with E-state index in [1.165, 1.54) is 0 Å². The molecular formula is C19H25Cl2N3O2. The fourth-order valence-corrected chi connectivity index (χ4v) is 3.13. The third kappa shape index (κ3) is 5.04. The van der Waals surface area contributed by atoms with Crippen LogP contribution in [-0.2, 0) is 4.79 Å². The number of amides is 1. The second kappa shape index (κ2) is 10.3. The summed E-state index contributed by atoms with van der Waals surface area (Å²) >= 11 is 0. The number of halogens is 2. The SMILES string of the molecule is Cl.Cl.NCC(C(=O)N1CCN(c2ccc(O)cc2)CC1)c1ccccc1. The Kier molecular flexibility index (Phi) is 8.72. The van der Waals surface area contributed by atoms with Crippen LogP contribution in [0.4, 0.5) is 5.69 Å². The first-order valence-corrected chi connectivity index (χ1v) is 8.27. The van der Waals surface area contributed by atoms with E-state index in [0.717, 1.165) is 24.3 Å². The van der Waals surface area contributed by atoms with Crippen molar-refractivity contribution in [1.29, 1.82) is 0 Å². The van der Waals surface area contributed by atoms with Crippen LogP contribution in [0, 0.1) is 0 Å². The summed E-state index contributed by atoms with van der Waals surface area (Å²) in [4.78, 5) is 16.9. The van der Waals surface area contributed by atoms with E-state index in [-0.39, 0.29) is 42.4 Å². The molecule has 2 aromatic rings. The summed E-state index contributed by atoms with van der Waals surface area (Å²) in [5, 5.41) is 9.38. The smallest absolute Gasteiger partial charge is 0.231 e. The van der Waals surface area contributed by atoms with Gasteiger partial charge < -0.3 is 20.6 Å². The van der Waals surface area contributed by atoms with E-state index in [0.29, 0.717) is 19.6 Å². The van der Waals surface area contributed by atoms with Gasteiger partial charge in [-0.2, -0.15) is 0 Å². The van der Waals surface area contributed by atoms with E-state index in [1.54, 1.807) is 12.1 Å². The zero-order valence-corrected chi connectivity index (χ0v) is 16.1. The third-order valence-electron chi connectivity index (χ3n) is 4.54. The lowest BCUT2D eigenvalue weighted by Crippen LogP contribution is -2.50. The van der Waals surface area contributed by atoms with Gasteiger partial charge in [-0.3, -0.25) is 4.79 Å². The van der Waals surface area contributed by atoms with Crippen LogP contribution in [0.25, 0.3) is 0 Å². The standard InChI is InChI=1S/C19H23N3O2.2ClH/c20-14-18(15-4-2-1-3-5-15)19(24)22-12-10-21(11-13-22)16-6-8-17(23)9-7-16;;/h1-9,18,23H,10-14,20H2;2*1H. The molecule has 1 fully saturated rings. The van der Waals surface area contributed by atoms with Gasteiger partial charge in [0, 0.05) is 38.4 Å². The molecule has 0 saturated carbocycles. The monoisotopic (exact) mass is 397 g/mol. The normalized spacial score (nSPS) is 14.8. The zero-order chi connectivity index (χ0) is 16.9. The number of hydrogen-bond acceptors (Lipinski definition) is 4. The quantitative estimate of drug-likeness (QED) is 0.831. The highest BCUT2D eigenvalue weighted by molar-refractivity contribution is 5.85. The highest BCUT2D eigenvalue weighted by Gasteiger charge is 2.27. The van der Waals surface area contributed by atoms with Crippen molar-refractivity contribution >= 4 is 36.4 Å². The maximum absolute atomic E-state index is 12.8. The second-order valence-electron chi connectivity index (χ2n) is 6.03. The summed E-state index contributed by atoms with van der Waals surface area (Å²) in [6.07, 6.45) is 0. The molecule has 0 radical (unpaired) electrons. The molecule has 5 nitrogen and oxygen atoms in total. The Bertz CT molecular complexity index is 675. The molecular weight excluding hydrogens is 373 g/mol. The van der Waals surface area contributed by atoms with Gasteiger partial charge in [0.2, 0.25) is 5.91 Å². The van der Waals surface area contributed by atoms with E-state index in [1.807, 2.05) is 47.4 Å². The van der Waals surface area contributed by atoms with Gasteiger partial charge in [-0.25, -0.2) is 0 Å². The molecule has 1 unspecified atom stereocenters. The predicted octanol–water partition coefficient (Wildman–Crippen LogP) is 2.63. The molecule has 2 aromatic carbocycles. The number of phenolic OH excluding ortho intramolecular Hbond substituents is 1. The van der Waals surface area contributed by atoms with E-state index >= 15 is 0 Å². The number of piperazine rings is 1. The predicted molar refractivity (Wildman–Crippen MR) is 110 cm³/mol. The summed E-state index contributed by atoms with van der Waals surface area (Å²) in [6.45, 7) is 3.25. The summed E-state index contributed by atoms with van der Waals surface area (Å²) in [7, 11) is 0. The number of nitrogens with zero attached hydrogens (tertiary/aromatic N) is 2. The number of carbonyl (C=O) groups excluding carboxylic acids is 1. The van der Waals surface area contributed by atoms with Crippen LogP contribution in [0.1, 0.15) is 11.5 Å². The van der Waals surface area contributed by atoms with E-state index < -0.39 is 0 Å². The Morgan fingerprint density at radius 3 is 2.08 bits per heavy atom. The molecule has 0 bridgehead atoms. The summed E-state index contributed by atoms with van der Waals surface area (Å²) < 4.78 is 0. The van der Waals surface area contributed by atoms with E-state index in [4.69, 9.17) is 5.73 Å². The van der Waals surface area contributed by atoms with Crippen molar-refractivity contribution in [3.63, 3.8) is 0 Å². The molecule has 1 saturated heterocycles. The van der Waals surface area contributed by atoms with Crippen molar-refractivity contribution < 1.29 is 9.90 Å². The number of phenols is 1. The van der Waals surface area contributed by atoms with Crippen molar-refractivity contribution in [2.45, 2.75) is 5.92 Å². The van der Waals surface area contributed by atoms with Crippen LogP contribution in [0.15, 0.2) is 54.6 Å². The molecule has 142 valence electrons. The van der Waals surface area contributed by atoms with Gasteiger partial charge in [0.25, 0.3) is 0 Å². The second-order valence-corrected chi connectivity index (χ2v) is 6.03. The van der Waals surface area contributed by atoms with Crippen molar-refractivity contribution in [2.75, 3.05) is 37.6 Å². The number of nitrogens with two attached hydrogens (primary N) is 1. The molecule has 7 heteroatoms. The van der Waals surface area contributed by atoms with E-state index in [2.05, 4.69) is 4.90 Å². The van der Waals surface area contributed by atoms with Gasteiger partial charge in [-0.05, 0) is 29.8 Å². The summed E-state index contributed by atoms with van der Waals surface area (Å²) in [6, 6.07) is 16.9. The fraction of sp³-hybridized carbons (Fsp3) is 0.316. The minimum Gasteiger partial charge on any atom is -0.508 e. The summed E-state index contributed by atoms with van der Waals surface area (Å²) in [5.74, 6) is 0.0988. The third-order valence-corrected chi connectivity index (χ3v) is 4.54. The van der Waals surface area contributed by atoms with E-state index in [9.17, 15) is 9.90 Å². The lowest BCUT2D eigenvalue weighted by molar-refractivity contribution is -0.132. The first kappa shape index (κ1) is 22.1. The number of aromatic hydroxyl groups is 1. The van der Waals surface area contributed by atoms with Crippen LogP contribution < -0.4 is 10.6 Å². The van der Waals surface area contributed by atoms with Crippen LogP contribution in [0.3, 0.4) is 0 Å². The maximum Gasteiger partial charge on any atom is 0.231 e. The van der Waals surface area contributed by atoms with Gasteiger partial charge in [-0.1, -0.05) is 30.3 Å². The first-order chi connectivity index (χ1) is 11.7. The Morgan fingerprint density at radius 1 is 0.962 bits per heavy atom. The number of carbonyl (C=O) groups is 1. The molecule has 1 atom stereocenters. The number of rotatable bonds is 4. The van der Waals surface area contributed by atoms with Gasteiger partial charge >= 0.3 is 0 Å². The van der Waals surface area contributed by atoms with Crippen molar-refractivity contribution in [1.82, 2.24) is 4.90 Å². The first-order valence-electron chi connectivity index (χ1n) is 8.27. The van der Waals surface area contributed by atoms with Crippen molar-refractivity contribution in [3.8, 4) is 5.75 Å². The number of benzene rings is 2. The van der Waals surface area contributed by atoms with Gasteiger partial charge in [0.15, 0.2) is 0 Å². The van der Waals surface area contributed by atoms with Crippen LogP contribution in [0.2, 0.25) is 0 Å². The highest BCUT2D eigenvalue weighted by atomic mass is 35.5. The zero-order valence-electron chi connectivity index (χ0n) is 14.5. The van der Waals surface area contributed by atoms with Crippen molar-refractivity contribution in [2.24, 2.45) is 5.73 Å². The van der Waals surface area contributed by atoms with Crippen LogP contribution in [-0.4, -0.2) is 48.6 Å². The van der Waals surface area contributed by atoms with Gasteiger partial charge in [-0.15, -0.1) is 24.8 Å². The molecule has 1 heterocycles. The average Bonchev–Trinajstić information content (AvgIpc) is 2.64. The number of hydrogen-bond donors (Lipinski definition) is 2. The Balaban J connectivity index is 0.00000169. The molecule has 0 spiro atoms. The molecule has 0 aromatic heterocycles. The lowest BCUT2D eigenvalue weighted by atomic mass is 9.97. The molecule has 3 N–H and O–H groups in total. The molecule has 1 aliphatic heterocycles. The molecule has 26 heavy (non-hydrogen) atoms. The van der Waals surface area contributed by atoms with Gasteiger partial charge in [0.05, 0.1) is 5.92 Å². The van der Waals surface area contributed by atoms with Crippen molar-refractivity contribution in [3.05, 3.63) is 60.2 Å². The molecule has 0 aliphatic carbocycles. The lowest BCUT2D eigenvalue weighted by Gasteiger charge is -2.37. The highest BCUT2D eigenvalue weighted by Crippen LogP contribution is 2.22. The minimum absolute atomic E-state index is 0. The molecule has 1 aliphatic rings. The largest absolute Gasteiger partial charge is 0.508 e. The average molecular weight is 398 g/mol. The molecule has 3 rings (SSSR count). The Labute approximate surface area is 166 Å². The Morgan fingerprint density at radius 2 is 1.54 bits per heavy atom.